The zero-order valence-corrected chi connectivity index (χ0v) is 18.2. The fraction of sp³-hybridized carbons (Fsp3) is 0.556. The SMILES string of the molecule is CN=C(NCCCOC1CCOC1)NCc1ccc(NC(=O)OC)cc1.I. The van der Waals surface area contributed by atoms with Crippen LogP contribution in [0.5, 0.6) is 0 Å². The summed E-state index contributed by atoms with van der Waals surface area (Å²) in [6.45, 7) is 3.65. The summed E-state index contributed by atoms with van der Waals surface area (Å²) in [5.41, 5.74) is 1.77. The molecule has 3 N–H and O–H groups in total. The molecule has 152 valence electrons. The molecule has 1 atom stereocenters. The standard InChI is InChI=1S/C18H28N4O4.HI/c1-19-17(20-9-3-10-26-16-8-11-25-13-16)21-12-14-4-6-15(7-5-14)22-18(23)24-2;/h4-7,16H,3,8-13H2,1-2H3,(H,22,23)(H2,19,20,21);1H. The first-order chi connectivity index (χ1) is 12.7. The maximum atomic E-state index is 11.2. The Labute approximate surface area is 177 Å². The first-order valence-electron chi connectivity index (χ1n) is 8.79. The van der Waals surface area contributed by atoms with Gasteiger partial charge in [-0.3, -0.25) is 10.3 Å². The topological polar surface area (TPSA) is 93.2 Å². The Balaban J connectivity index is 0.00000364. The summed E-state index contributed by atoms with van der Waals surface area (Å²) in [5, 5.41) is 9.14. The monoisotopic (exact) mass is 492 g/mol. The molecule has 0 bridgehead atoms. The number of guanidine groups is 1. The zero-order chi connectivity index (χ0) is 18.6. The third kappa shape index (κ3) is 9.25. The van der Waals surface area contributed by atoms with Crippen molar-refractivity contribution >= 4 is 41.7 Å². The number of aliphatic imine (C=N–C) groups is 1. The third-order valence-corrected chi connectivity index (χ3v) is 3.92. The molecule has 9 heteroatoms. The normalized spacial score (nSPS) is 16.4. The van der Waals surface area contributed by atoms with Gasteiger partial charge in [0.1, 0.15) is 0 Å². The Hall–Kier alpha value is -1.59. The number of benzene rings is 1. The van der Waals surface area contributed by atoms with E-state index in [2.05, 4.69) is 25.7 Å². The lowest BCUT2D eigenvalue weighted by atomic mass is 10.2. The fourth-order valence-corrected chi connectivity index (χ4v) is 2.45. The highest BCUT2D eigenvalue weighted by Crippen LogP contribution is 2.10. The minimum absolute atomic E-state index is 0. The molecule has 1 aromatic carbocycles. The van der Waals surface area contributed by atoms with Gasteiger partial charge in [-0.25, -0.2) is 4.79 Å². The highest BCUT2D eigenvalue weighted by molar-refractivity contribution is 14.0. The second-order valence-corrected chi connectivity index (χ2v) is 5.88. The van der Waals surface area contributed by atoms with Gasteiger partial charge in [-0.2, -0.15) is 0 Å². The molecule has 1 fully saturated rings. The molecule has 2 rings (SSSR count). The molecule has 8 nitrogen and oxygen atoms in total. The minimum Gasteiger partial charge on any atom is -0.453 e. The summed E-state index contributed by atoms with van der Waals surface area (Å²) in [4.78, 5) is 15.4. The molecule has 27 heavy (non-hydrogen) atoms. The number of halogens is 1. The lowest BCUT2D eigenvalue weighted by Gasteiger charge is -2.13. The minimum atomic E-state index is -0.482. The van der Waals surface area contributed by atoms with Crippen molar-refractivity contribution in [2.45, 2.75) is 25.5 Å². The van der Waals surface area contributed by atoms with Crippen molar-refractivity contribution < 1.29 is 19.0 Å². The zero-order valence-electron chi connectivity index (χ0n) is 15.8. The quantitative estimate of drug-likeness (QED) is 0.223. The summed E-state index contributed by atoms with van der Waals surface area (Å²) >= 11 is 0. The van der Waals surface area contributed by atoms with Crippen LogP contribution in [0.3, 0.4) is 0 Å². The number of anilines is 1. The van der Waals surface area contributed by atoms with Gasteiger partial charge in [0.15, 0.2) is 5.96 Å². The average molecular weight is 492 g/mol. The first-order valence-corrected chi connectivity index (χ1v) is 8.79. The number of hydrogen-bond donors (Lipinski definition) is 3. The predicted octanol–water partition coefficient (Wildman–Crippen LogP) is 2.34. The number of amides is 1. The molecule has 1 amide bonds. The number of methoxy groups -OCH3 is 1. The van der Waals surface area contributed by atoms with Crippen molar-refractivity contribution in [1.29, 1.82) is 0 Å². The molecule has 1 saturated heterocycles. The summed E-state index contributed by atoms with van der Waals surface area (Å²) in [6.07, 6.45) is 1.67. The van der Waals surface area contributed by atoms with Crippen molar-refractivity contribution in [2.75, 3.05) is 45.8 Å². The largest absolute Gasteiger partial charge is 0.453 e. The molecule has 0 spiro atoms. The van der Waals surface area contributed by atoms with Crippen molar-refractivity contribution in [1.82, 2.24) is 10.6 Å². The van der Waals surface area contributed by atoms with E-state index in [9.17, 15) is 4.79 Å². The molecule has 1 heterocycles. The van der Waals surface area contributed by atoms with Gasteiger partial charge in [-0.15, -0.1) is 24.0 Å². The van der Waals surface area contributed by atoms with Gasteiger partial charge in [-0.05, 0) is 30.5 Å². The summed E-state index contributed by atoms with van der Waals surface area (Å²) < 4.78 is 15.6. The van der Waals surface area contributed by atoms with E-state index >= 15 is 0 Å². The van der Waals surface area contributed by atoms with E-state index in [0.717, 1.165) is 37.5 Å². The summed E-state index contributed by atoms with van der Waals surface area (Å²) in [6, 6.07) is 7.52. The highest BCUT2D eigenvalue weighted by atomic mass is 127. The lowest BCUT2D eigenvalue weighted by Crippen LogP contribution is -2.37. The number of carbonyl (C=O) groups excluding carboxylic acids is 1. The third-order valence-electron chi connectivity index (χ3n) is 3.92. The summed E-state index contributed by atoms with van der Waals surface area (Å²) in [5.74, 6) is 0.742. The molecule has 1 aromatic rings. The Morgan fingerprint density at radius 3 is 2.70 bits per heavy atom. The number of carbonyl (C=O) groups is 1. The van der Waals surface area contributed by atoms with E-state index in [1.165, 1.54) is 7.11 Å². The molecular weight excluding hydrogens is 463 g/mol. The van der Waals surface area contributed by atoms with E-state index in [-0.39, 0.29) is 30.1 Å². The van der Waals surface area contributed by atoms with Crippen molar-refractivity contribution in [3.63, 3.8) is 0 Å². The van der Waals surface area contributed by atoms with Gasteiger partial charge in [0.2, 0.25) is 0 Å². The molecule has 1 unspecified atom stereocenters. The van der Waals surface area contributed by atoms with Crippen LogP contribution in [0.25, 0.3) is 0 Å². The van der Waals surface area contributed by atoms with Crippen molar-refractivity contribution in [2.24, 2.45) is 4.99 Å². The summed E-state index contributed by atoms with van der Waals surface area (Å²) in [7, 11) is 3.08. The molecule has 1 aliphatic rings. The molecule has 1 aliphatic heterocycles. The number of nitrogens with zero attached hydrogens (tertiary/aromatic N) is 1. The van der Waals surface area contributed by atoms with E-state index in [1.807, 2.05) is 24.3 Å². The Morgan fingerprint density at radius 1 is 1.30 bits per heavy atom. The van der Waals surface area contributed by atoms with Gasteiger partial charge in [0, 0.05) is 39.0 Å². The maximum absolute atomic E-state index is 11.2. The molecule has 0 aromatic heterocycles. The lowest BCUT2D eigenvalue weighted by molar-refractivity contribution is 0.0420. The van der Waals surface area contributed by atoms with Crippen LogP contribution in [0.2, 0.25) is 0 Å². The molecule has 0 saturated carbocycles. The van der Waals surface area contributed by atoms with Gasteiger partial charge >= 0.3 is 6.09 Å². The second-order valence-electron chi connectivity index (χ2n) is 5.88. The van der Waals surface area contributed by atoms with E-state index in [1.54, 1.807) is 7.05 Å². The molecular formula is C18H29IN4O4. The average Bonchev–Trinajstić information content (AvgIpc) is 3.18. The molecule has 0 radical (unpaired) electrons. The van der Waals surface area contributed by atoms with Crippen LogP contribution in [0.1, 0.15) is 18.4 Å². The number of ether oxygens (including phenoxy) is 3. The van der Waals surface area contributed by atoms with Crippen LogP contribution >= 0.6 is 24.0 Å². The van der Waals surface area contributed by atoms with Gasteiger partial charge in [-0.1, -0.05) is 12.1 Å². The van der Waals surface area contributed by atoms with Gasteiger partial charge in [0.05, 0.1) is 19.8 Å². The van der Waals surface area contributed by atoms with Crippen LogP contribution in [-0.4, -0.2) is 58.7 Å². The van der Waals surface area contributed by atoms with E-state index in [4.69, 9.17) is 9.47 Å². The van der Waals surface area contributed by atoms with Crippen LogP contribution in [-0.2, 0) is 20.8 Å². The highest BCUT2D eigenvalue weighted by Gasteiger charge is 2.15. The Bertz CT molecular complexity index is 577. The predicted molar refractivity (Wildman–Crippen MR) is 116 cm³/mol. The van der Waals surface area contributed by atoms with Crippen molar-refractivity contribution in [3.05, 3.63) is 29.8 Å². The number of rotatable bonds is 8. The maximum Gasteiger partial charge on any atom is 0.411 e. The Kier molecular flexibility index (Phi) is 11.8. The van der Waals surface area contributed by atoms with Crippen LogP contribution < -0.4 is 16.0 Å². The first kappa shape index (κ1) is 23.4. The smallest absolute Gasteiger partial charge is 0.411 e. The number of hydrogen-bond acceptors (Lipinski definition) is 5. The second kappa shape index (κ2) is 13.6. The van der Waals surface area contributed by atoms with Crippen LogP contribution in [0.4, 0.5) is 10.5 Å². The van der Waals surface area contributed by atoms with E-state index < -0.39 is 6.09 Å². The Morgan fingerprint density at radius 2 is 2.07 bits per heavy atom. The van der Waals surface area contributed by atoms with E-state index in [0.29, 0.717) is 25.4 Å². The van der Waals surface area contributed by atoms with Gasteiger partial charge < -0.3 is 24.8 Å². The van der Waals surface area contributed by atoms with Crippen LogP contribution in [0.15, 0.2) is 29.3 Å². The number of nitrogens with one attached hydrogen (secondary N) is 3. The van der Waals surface area contributed by atoms with Crippen molar-refractivity contribution in [3.8, 4) is 0 Å². The van der Waals surface area contributed by atoms with Gasteiger partial charge in [0.25, 0.3) is 0 Å². The molecule has 0 aliphatic carbocycles. The fourth-order valence-electron chi connectivity index (χ4n) is 2.45. The van der Waals surface area contributed by atoms with Crippen LogP contribution in [0, 0.1) is 0 Å².